The van der Waals surface area contributed by atoms with Gasteiger partial charge in [0.2, 0.25) is 0 Å². The van der Waals surface area contributed by atoms with Gasteiger partial charge in [0.1, 0.15) is 0 Å². The molecule has 1 fully saturated rings. The maximum Gasteiger partial charge on any atom is 0.335 e. The second kappa shape index (κ2) is 6.46. The van der Waals surface area contributed by atoms with Crippen LogP contribution in [-0.4, -0.2) is 21.3 Å². The topological polar surface area (TPSA) is 80.7 Å². The van der Waals surface area contributed by atoms with Crippen molar-refractivity contribution in [2.75, 3.05) is 4.90 Å². The summed E-state index contributed by atoms with van der Waals surface area (Å²) in [6.45, 7) is 0. The van der Waals surface area contributed by atoms with Crippen molar-refractivity contribution in [3.63, 3.8) is 0 Å². The summed E-state index contributed by atoms with van der Waals surface area (Å²) < 4.78 is 0.354. The molecule has 3 rings (SSSR count). The van der Waals surface area contributed by atoms with E-state index in [4.69, 9.17) is 17.3 Å². The van der Waals surface area contributed by atoms with Gasteiger partial charge in [0, 0.05) is 0 Å². The Morgan fingerprint density at radius 3 is 2.54 bits per heavy atom. The molecule has 0 saturated carbocycles. The van der Waals surface area contributed by atoms with Crippen molar-refractivity contribution in [3.05, 3.63) is 64.6 Å². The summed E-state index contributed by atoms with van der Waals surface area (Å²) in [4.78, 5) is 25.2. The van der Waals surface area contributed by atoms with Gasteiger partial charge in [-0.05, 0) is 35.9 Å². The molecule has 1 aliphatic heterocycles. The molecule has 5 nitrogen and oxygen atoms in total. The van der Waals surface area contributed by atoms with Gasteiger partial charge in [-0.3, -0.25) is 9.69 Å². The van der Waals surface area contributed by atoms with Crippen LogP contribution in [0.4, 0.5) is 5.69 Å². The first-order valence-electron chi connectivity index (χ1n) is 6.84. The van der Waals surface area contributed by atoms with Crippen LogP contribution >= 0.6 is 24.0 Å². The highest BCUT2D eigenvalue weighted by atomic mass is 32.2. The van der Waals surface area contributed by atoms with Gasteiger partial charge in [-0.2, -0.15) is 0 Å². The monoisotopic (exact) mass is 356 g/mol. The molecule has 0 spiro atoms. The zero-order valence-corrected chi connectivity index (χ0v) is 13.8. The highest BCUT2D eigenvalue weighted by Gasteiger charge is 2.33. The van der Waals surface area contributed by atoms with E-state index < -0.39 is 5.97 Å². The second-order valence-corrected chi connectivity index (χ2v) is 6.62. The lowest BCUT2D eigenvalue weighted by atomic mass is 10.2. The number of thioether (sulfide) groups is 1. The Morgan fingerprint density at radius 2 is 1.92 bits per heavy atom. The summed E-state index contributed by atoms with van der Waals surface area (Å²) in [5.74, 6) is -1.47. The summed E-state index contributed by atoms with van der Waals surface area (Å²) in [6.07, 6.45) is 1.62. The molecule has 0 atom stereocenters. The molecule has 1 aliphatic rings. The van der Waals surface area contributed by atoms with E-state index in [0.29, 0.717) is 20.5 Å². The van der Waals surface area contributed by atoms with Crippen molar-refractivity contribution in [2.45, 2.75) is 0 Å². The predicted octanol–water partition coefficient (Wildman–Crippen LogP) is 2.86. The molecular weight excluding hydrogens is 346 g/mol. The van der Waals surface area contributed by atoms with Crippen LogP contribution < -0.4 is 10.0 Å². The largest absolute Gasteiger partial charge is 0.872 e. The molecule has 0 aliphatic carbocycles. The summed E-state index contributed by atoms with van der Waals surface area (Å²) in [5, 5.41) is 20.3. The van der Waals surface area contributed by atoms with Crippen LogP contribution in [0.25, 0.3) is 6.08 Å². The van der Waals surface area contributed by atoms with Crippen molar-refractivity contribution in [1.82, 2.24) is 0 Å². The molecule has 1 saturated heterocycles. The summed E-state index contributed by atoms with van der Waals surface area (Å²) in [7, 11) is 0. The van der Waals surface area contributed by atoms with Gasteiger partial charge in [-0.25, -0.2) is 4.79 Å². The van der Waals surface area contributed by atoms with E-state index in [2.05, 4.69) is 0 Å². The Labute approximate surface area is 147 Å². The third-order valence-corrected chi connectivity index (χ3v) is 4.62. The number of benzene rings is 2. The zero-order chi connectivity index (χ0) is 17.3. The molecule has 0 radical (unpaired) electrons. The minimum atomic E-state index is -1.04. The first-order chi connectivity index (χ1) is 11.5. The van der Waals surface area contributed by atoms with Gasteiger partial charge in [-0.1, -0.05) is 48.2 Å². The predicted molar refractivity (Wildman–Crippen MR) is 94.9 cm³/mol. The Hall–Kier alpha value is -2.64. The standard InChI is InChI=1S/C17H11NO4S2/c19-13-3-1-2-10(8-13)9-14-15(20)18(17(23)24-14)12-6-4-11(5-7-12)16(21)22/h1-9,19H,(H,21,22)/p-1/b14-9-. The van der Waals surface area contributed by atoms with E-state index in [-0.39, 0.29) is 17.2 Å². The number of thiocarbonyl (C=S) groups is 1. The highest BCUT2D eigenvalue weighted by Crippen LogP contribution is 2.36. The van der Waals surface area contributed by atoms with Crippen molar-refractivity contribution in [3.8, 4) is 5.75 Å². The third-order valence-electron chi connectivity index (χ3n) is 3.32. The lowest BCUT2D eigenvalue weighted by Gasteiger charge is -2.14. The van der Waals surface area contributed by atoms with E-state index in [1.807, 2.05) is 0 Å². The van der Waals surface area contributed by atoms with Gasteiger partial charge in [0.05, 0.1) is 16.2 Å². The smallest absolute Gasteiger partial charge is 0.335 e. The van der Waals surface area contributed by atoms with Crippen LogP contribution in [0.3, 0.4) is 0 Å². The van der Waals surface area contributed by atoms with Crippen LogP contribution in [0.2, 0.25) is 0 Å². The van der Waals surface area contributed by atoms with E-state index >= 15 is 0 Å². The number of carboxylic acid groups (broad SMARTS) is 1. The van der Waals surface area contributed by atoms with Crippen LogP contribution in [-0.2, 0) is 4.79 Å². The van der Waals surface area contributed by atoms with E-state index in [9.17, 15) is 14.7 Å². The SMILES string of the molecule is O=C(O)c1ccc(N2C(=O)/C(=C/c3cccc([O-])c3)SC2=S)cc1. The number of carbonyl (C=O) groups excluding carboxylic acids is 1. The van der Waals surface area contributed by atoms with Crippen molar-refractivity contribution < 1.29 is 19.8 Å². The third kappa shape index (κ3) is 3.17. The minimum Gasteiger partial charge on any atom is -0.872 e. The number of rotatable bonds is 3. The average molecular weight is 356 g/mol. The fraction of sp³-hybridized carbons (Fsp3) is 0. The van der Waals surface area contributed by atoms with Crippen molar-refractivity contribution in [1.29, 1.82) is 0 Å². The Kier molecular flexibility index (Phi) is 4.37. The lowest BCUT2D eigenvalue weighted by molar-refractivity contribution is -0.268. The van der Waals surface area contributed by atoms with Crippen molar-refractivity contribution >= 4 is 51.9 Å². The molecule has 2 aromatic rings. The highest BCUT2D eigenvalue weighted by molar-refractivity contribution is 8.27. The van der Waals surface area contributed by atoms with Crippen LogP contribution in [0.15, 0.2) is 53.4 Å². The van der Waals surface area contributed by atoms with Crippen molar-refractivity contribution in [2.24, 2.45) is 0 Å². The summed E-state index contributed by atoms with van der Waals surface area (Å²) in [5.41, 5.74) is 1.26. The molecular formula is C17H10NO4S2-. The van der Waals surface area contributed by atoms with Gasteiger partial charge >= 0.3 is 5.97 Å². The average Bonchev–Trinajstić information content (AvgIpc) is 2.81. The normalized spacial score (nSPS) is 16.0. The quantitative estimate of drug-likeness (QED) is 0.673. The number of anilines is 1. The molecule has 0 aromatic heterocycles. The number of hydrogen-bond acceptors (Lipinski definition) is 5. The fourth-order valence-corrected chi connectivity index (χ4v) is 3.50. The number of carboxylic acids is 1. The second-order valence-electron chi connectivity index (χ2n) is 4.94. The van der Waals surface area contributed by atoms with Gasteiger partial charge < -0.3 is 10.2 Å². The molecule has 0 unspecified atom stereocenters. The van der Waals surface area contributed by atoms with Crippen LogP contribution in [0.5, 0.6) is 5.75 Å². The molecule has 0 bridgehead atoms. The molecule has 1 amide bonds. The fourth-order valence-electron chi connectivity index (χ4n) is 2.20. The molecule has 1 heterocycles. The molecule has 1 N–H and O–H groups in total. The Balaban J connectivity index is 1.90. The molecule has 7 heteroatoms. The van der Waals surface area contributed by atoms with Gasteiger partial charge in [-0.15, -0.1) is 5.75 Å². The zero-order valence-electron chi connectivity index (χ0n) is 12.1. The van der Waals surface area contributed by atoms with Crippen LogP contribution in [0, 0.1) is 0 Å². The Morgan fingerprint density at radius 1 is 1.21 bits per heavy atom. The summed E-state index contributed by atoms with van der Waals surface area (Å²) >= 11 is 6.39. The molecule has 120 valence electrons. The van der Waals surface area contributed by atoms with E-state index in [0.717, 1.165) is 11.8 Å². The van der Waals surface area contributed by atoms with Gasteiger partial charge in [0.15, 0.2) is 4.32 Å². The number of hydrogen-bond donors (Lipinski definition) is 1. The number of amides is 1. The maximum atomic E-state index is 12.6. The number of aromatic carboxylic acids is 1. The Bertz CT molecular complexity index is 874. The number of nitrogens with zero attached hydrogens (tertiary/aromatic N) is 1. The molecule has 24 heavy (non-hydrogen) atoms. The minimum absolute atomic E-state index is 0.131. The molecule has 2 aromatic carbocycles. The first-order valence-corrected chi connectivity index (χ1v) is 8.06. The van der Waals surface area contributed by atoms with Crippen LogP contribution in [0.1, 0.15) is 15.9 Å². The maximum absolute atomic E-state index is 12.6. The van der Waals surface area contributed by atoms with E-state index in [1.54, 1.807) is 18.2 Å². The first kappa shape index (κ1) is 16.2. The van der Waals surface area contributed by atoms with E-state index in [1.165, 1.54) is 41.3 Å². The lowest BCUT2D eigenvalue weighted by Crippen LogP contribution is -2.27. The van der Waals surface area contributed by atoms with Gasteiger partial charge in [0.25, 0.3) is 5.91 Å². The summed E-state index contributed by atoms with van der Waals surface area (Å²) in [6, 6.07) is 12.1. The number of carbonyl (C=O) groups is 2.